The maximum atomic E-state index is 13.0. The number of unbranched alkanes of at least 4 members (excludes halogenated alkanes) is 1. The molecule has 2 nitrogen and oxygen atoms in total. The van der Waals surface area contributed by atoms with Crippen molar-refractivity contribution in [2.75, 3.05) is 19.6 Å². The molecule has 0 spiro atoms. The lowest BCUT2D eigenvalue weighted by Crippen LogP contribution is -2.30. The molecule has 0 N–H and O–H groups in total. The van der Waals surface area contributed by atoms with Crippen LogP contribution in [0.1, 0.15) is 56.3 Å². The van der Waals surface area contributed by atoms with E-state index < -0.39 is 11.7 Å². The topological polar surface area (TPSA) is 12.5 Å². The Morgan fingerprint density at radius 2 is 1.51 bits per heavy atom. The smallest absolute Gasteiger partial charge is 0.416 e. The van der Waals surface area contributed by atoms with E-state index in [-0.39, 0.29) is 6.10 Å². The van der Waals surface area contributed by atoms with Crippen LogP contribution in [0, 0.1) is 5.92 Å². The monoisotopic (exact) mass is 481 g/mol. The van der Waals surface area contributed by atoms with E-state index in [4.69, 9.17) is 4.74 Å². The molecular formula is C30H34F3NO. The van der Waals surface area contributed by atoms with Crippen molar-refractivity contribution in [3.05, 3.63) is 90.0 Å². The first-order valence-electron chi connectivity index (χ1n) is 12.6. The quantitative estimate of drug-likeness (QED) is 0.257. The van der Waals surface area contributed by atoms with Crippen molar-refractivity contribution >= 4 is 0 Å². The number of nitrogens with zero attached hydrogens (tertiary/aromatic N) is 1. The van der Waals surface area contributed by atoms with E-state index in [1.807, 2.05) is 18.2 Å². The van der Waals surface area contributed by atoms with Crippen molar-refractivity contribution in [2.24, 2.45) is 5.92 Å². The largest absolute Gasteiger partial charge is 0.486 e. The van der Waals surface area contributed by atoms with E-state index in [9.17, 15) is 13.2 Å². The van der Waals surface area contributed by atoms with Crippen LogP contribution >= 0.6 is 0 Å². The highest BCUT2D eigenvalue weighted by atomic mass is 19.4. The van der Waals surface area contributed by atoms with Crippen molar-refractivity contribution in [3.63, 3.8) is 0 Å². The Labute approximate surface area is 206 Å². The SMILES string of the molecule is CCCCN(CCC(Oc1ccc(C(F)(F)F)cc1)c1ccc(-c2ccccc2)cc1)CC1CC1. The van der Waals surface area contributed by atoms with E-state index in [0.29, 0.717) is 5.75 Å². The van der Waals surface area contributed by atoms with Gasteiger partial charge < -0.3 is 9.64 Å². The number of halogens is 3. The average Bonchev–Trinajstić information content (AvgIpc) is 3.69. The molecule has 0 aromatic heterocycles. The van der Waals surface area contributed by atoms with Gasteiger partial charge in [0.05, 0.1) is 5.56 Å². The van der Waals surface area contributed by atoms with Crippen LogP contribution in [0.3, 0.4) is 0 Å². The van der Waals surface area contributed by atoms with Crippen molar-refractivity contribution in [1.29, 1.82) is 0 Å². The molecule has 3 aromatic rings. The van der Waals surface area contributed by atoms with Gasteiger partial charge in [-0.2, -0.15) is 13.2 Å². The first-order chi connectivity index (χ1) is 16.9. The zero-order valence-electron chi connectivity index (χ0n) is 20.3. The Balaban J connectivity index is 1.51. The fourth-order valence-corrected chi connectivity index (χ4v) is 4.34. The molecular weight excluding hydrogens is 447 g/mol. The van der Waals surface area contributed by atoms with Crippen LogP contribution in [0.4, 0.5) is 13.2 Å². The molecule has 0 amide bonds. The van der Waals surface area contributed by atoms with Gasteiger partial charge in [-0.05, 0) is 72.7 Å². The highest BCUT2D eigenvalue weighted by molar-refractivity contribution is 5.63. The molecule has 0 saturated heterocycles. The molecule has 0 heterocycles. The van der Waals surface area contributed by atoms with Gasteiger partial charge in [0.25, 0.3) is 0 Å². The molecule has 0 radical (unpaired) electrons. The summed E-state index contributed by atoms with van der Waals surface area (Å²) in [5, 5.41) is 0. The van der Waals surface area contributed by atoms with Crippen molar-refractivity contribution in [3.8, 4) is 16.9 Å². The van der Waals surface area contributed by atoms with Gasteiger partial charge in [-0.15, -0.1) is 0 Å². The lowest BCUT2D eigenvalue weighted by atomic mass is 10.00. The third-order valence-corrected chi connectivity index (χ3v) is 6.60. The third kappa shape index (κ3) is 7.60. The van der Waals surface area contributed by atoms with Crippen LogP contribution in [-0.4, -0.2) is 24.5 Å². The predicted octanol–water partition coefficient (Wildman–Crippen LogP) is 8.39. The summed E-state index contributed by atoms with van der Waals surface area (Å²) in [7, 11) is 0. The van der Waals surface area contributed by atoms with Gasteiger partial charge in [0.2, 0.25) is 0 Å². The summed E-state index contributed by atoms with van der Waals surface area (Å²) < 4.78 is 45.3. The van der Waals surface area contributed by atoms with E-state index in [0.717, 1.165) is 67.2 Å². The summed E-state index contributed by atoms with van der Waals surface area (Å²) in [6.07, 6.45) is 1.15. The van der Waals surface area contributed by atoms with Gasteiger partial charge in [0, 0.05) is 19.5 Å². The van der Waals surface area contributed by atoms with Crippen LogP contribution in [0.5, 0.6) is 5.75 Å². The lowest BCUT2D eigenvalue weighted by Gasteiger charge is -2.26. The highest BCUT2D eigenvalue weighted by Crippen LogP contribution is 2.33. The van der Waals surface area contributed by atoms with Gasteiger partial charge in [-0.25, -0.2) is 0 Å². The minimum absolute atomic E-state index is 0.236. The first-order valence-corrected chi connectivity index (χ1v) is 12.6. The van der Waals surface area contributed by atoms with E-state index >= 15 is 0 Å². The summed E-state index contributed by atoms with van der Waals surface area (Å²) >= 11 is 0. The average molecular weight is 482 g/mol. The zero-order valence-corrected chi connectivity index (χ0v) is 20.3. The molecule has 1 saturated carbocycles. The van der Waals surface area contributed by atoms with E-state index in [2.05, 4.69) is 48.2 Å². The van der Waals surface area contributed by atoms with Crippen LogP contribution in [0.15, 0.2) is 78.9 Å². The molecule has 4 rings (SSSR count). The van der Waals surface area contributed by atoms with E-state index in [1.165, 1.54) is 31.4 Å². The number of benzene rings is 3. The summed E-state index contributed by atoms with van der Waals surface area (Å²) in [6, 6.07) is 23.6. The predicted molar refractivity (Wildman–Crippen MR) is 135 cm³/mol. The fourth-order valence-electron chi connectivity index (χ4n) is 4.34. The standard InChI is InChI=1S/C30H34F3NO/c1-2-3-20-34(22-23-9-10-23)21-19-29(35-28-17-15-27(16-18-28)30(31,32)33)26-13-11-25(12-14-26)24-7-5-4-6-8-24/h4-8,11-18,23,29H,2-3,9-10,19-22H2,1H3. The van der Waals surface area contributed by atoms with Crippen molar-refractivity contribution < 1.29 is 17.9 Å². The number of alkyl halides is 3. The molecule has 1 aliphatic rings. The Hall–Kier alpha value is -2.79. The Kier molecular flexibility index (Phi) is 8.50. The normalized spacial score (nSPS) is 14.8. The number of rotatable bonds is 12. The third-order valence-electron chi connectivity index (χ3n) is 6.60. The zero-order chi connectivity index (χ0) is 24.7. The number of hydrogen-bond acceptors (Lipinski definition) is 2. The van der Waals surface area contributed by atoms with Gasteiger partial charge in [-0.3, -0.25) is 0 Å². The maximum Gasteiger partial charge on any atom is 0.416 e. The summed E-state index contributed by atoms with van der Waals surface area (Å²) in [6.45, 7) is 5.31. The highest BCUT2D eigenvalue weighted by Gasteiger charge is 2.30. The molecule has 1 atom stereocenters. The van der Waals surface area contributed by atoms with Gasteiger partial charge in [0.15, 0.2) is 0 Å². The molecule has 35 heavy (non-hydrogen) atoms. The van der Waals surface area contributed by atoms with Gasteiger partial charge in [0.1, 0.15) is 11.9 Å². The van der Waals surface area contributed by atoms with Crippen molar-refractivity contribution in [2.45, 2.75) is 51.3 Å². The minimum Gasteiger partial charge on any atom is -0.486 e. The second-order valence-corrected chi connectivity index (χ2v) is 9.50. The molecule has 1 aliphatic carbocycles. The molecule has 1 unspecified atom stereocenters. The fraction of sp³-hybridized carbons (Fsp3) is 0.400. The Morgan fingerprint density at radius 1 is 0.857 bits per heavy atom. The molecule has 0 aliphatic heterocycles. The van der Waals surface area contributed by atoms with E-state index in [1.54, 1.807) is 0 Å². The Bertz CT molecular complexity index is 1030. The van der Waals surface area contributed by atoms with Gasteiger partial charge >= 0.3 is 6.18 Å². The van der Waals surface area contributed by atoms with Crippen LogP contribution in [-0.2, 0) is 6.18 Å². The van der Waals surface area contributed by atoms with Crippen LogP contribution in [0.25, 0.3) is 11.1 Å². The molecule has 5 heteroatoms. The second kappa shape index (κ2) is 11.8. The summed E-state index contributed by atoms with van der Waals surface area (Å²) in [5.41, 5.74) is 2.64. The molecule has 186 valence electrons. The van der Waals surface area contributed by atoms with Crippen LogP contribution < -0.4 is 4.74 Å². The minimum atomic E-state index is -4.35. The van der Waals surface area contributed by atoms with Crippen LogP contribution in [0.2, 0.25) is 0 Å². The molecule has 0 bridgehead atoms. The summed E-state index contributed by atoms with van der Waals surface area (Å²) in [5.74, 6) is 1.27. The number of ether oxygens (including phenoxy) is 1. The van der Waals surface area contributed by atoms with Crippen molar-refractivity contribution in [1.82, 2.24) is 4.90 Å². The van der Waals surface area contributed by atoms with Gasteiger partial charge in [-0.1, -0.05) is 67.9 Å². The number of hydrogen-bond donors (Lipinski definition) is 0. The Morgan fingerprint density at radius 3 is 2.11 bits per heavy atom. The first kappa shape index (κ1) is 25.3. The molecule has 3 aromatic carbocycles. The maximum absolute atomic E-state index is 13.0. The molecule has 1 fully saturated rings. The second-order valence-electron chi connectivity index (χ2n) is 9.50. The summed E-state index contributed by atoms with van der Waals surface area (Å²) in [4.78, 5) is 2.53. The lowest BCUT2D eigenvalue weighted by molar-refractivity contribution is -0.137.